The van der Waals surface area contributed by atoms with Crippen molar-refractivity contribution in [1.82, 2.24) is 9.80 Å². The summed E-state index contributed by atoms with van der Waals surface area (Å²) in [6.45, 7) is 4.89. The number of ether oxygens (including phenoxy) is 1. The summed E-state index contributed by atoms with van der Waals surface area (Å²) in [7, 11) is 4.14. The van der Waals surface area contributed by atoms with Crippen molar-refractivity contribution in [3.8, 4) is 0 Å². The Morgan fingerprint density at radius 1 is 1.21 bits per heavy atom. The van der Waals surface area contributed by atoms with Crippen molar-refractivity contribution in [3.63, 3.8) is 0 Å². The molecule has 2 heterocycles. The number of halogens is 1. The number of rotatable bonds is 3. The van der Waals surface area contributed by atoms with E-state index in [0.29, 0.717) is 38.0 Å². The first-order valence-electron chi connectivity index (χ1n) is 8.73. The van der Waals surface area contributed by atoms with Crippen molar-refractivity contribution in [3.05, 3.63) is 35.6 Å². The summed E-state index contributed by atoms with van der Waals surface area (Å²) in [5.41, 5.74) is 0.338. The minimum Gasteiger partial charge on any atom is -0.381 e. The molecule has 2 saturated heterocycles. The Morgan fingerprint density at radius 3 is 2.38 bits per heavy atom. The van der Waals surface area contributed by atoms with Gasteiger partial charge in [-0.2, -0.15) is 0 Å². The Hall–Kier alpha value is -1.46. The minimum atomic E-state index is -0.577. The Labute approximate surface area is 143 Å². The number of carbonyl (C=O) groups excluding carboxylic acids is 1. The van der Waals surface area contributed by atoms with E-state index in [-0.39, 0.29) is 11.7 Å². The standard InChI is InChI=1S/C19H27FN2O2/c1-14-12-22(13-17(14)21(2)3)18(23)19(8-10-24-11-9-19)15-4-6-16(20)7-5-15/h4-7,14,17H,8-13H2,1-3H3/t14-,17-/m0/s1. The molecule has 1 aromatic carbocycles. The Kier molecular flexibility index (Phi) is 4.92. The van der Waals surface area contributed by atoms with Crippen LogP contribution in [0.5, 0.6) is 0 Å². The first-order valence-corrected chi connectivity index (χ1v) is 8.73. The molecule has 0 saturated carbocycles. The number of nitrogens with zero attached hydrogens (tertiary/aromatic N) is 2. The average Bonchev–Trinajstić information content (AvgIpc) is 2.97. The van der Waals surface area contributed by atoms with Crippen LogP contribution >= 0.6 is 0 Å². The van der Waals surface area contributed by atoms with Crippen LogP contribution in [0.4, 0.5) is 4.39 Å². The van der Waals surface area contributed by atoms with Gasteiger partial charge in [0.05, 0.1) is 5.41 Å². The summed E-state index contributed by atoms with van der Waals surface area (Å²) in [4.78, 5) is 17.7. The molecule has 2 fully saturated rings. The molecular formula is C19H27FN2O2. The van der Waals surface area contributed by atoms with E-state index >= 15 is 0 Å². The Bertz CT molecular complexity index is 582. The normalized spacial score (nSPS) is 26.8. The topological polar surface area (TPSA) is 32.8 Å². The summed E-state index contributed by atoms with van der Waals surface area (Å²) in [6.07, 6.45) is 1.32. The molecule has 0 unspecified atom stereocenters. The van der Waals surface area contributed by atoms with Crippen LogP contribution in [0.15, 0.2) is 24.3 Å². The quantitative estimate of drug-likeness (QED) is 0.850. The summed E-state index contributed by atoms with van der Waals surface area (Å²) >= 11 is 0. The van der Waals surface area contributed by atoms with Crippen LogP contribution in [0.1, 0.15) is 25.3 Å². The second kappa shape index (κ2) is 6.81. The molecule has 2 aliphatic rings. The van der Waals surface area contributed by atoms with Gasteiger partial charge in [-0.3, -0.25) is 4.79 Å². The van der Waals surface area contributed by atoms with Crippen LogP contribution < -0.4 is 0 Å². The van der Waals surface area contributed by atoms with Crippen LogP contribution in [0, 0.1) is 11.7 Å². The van der Waals surface area contributed by atoms with Crippen LogP contribution in [0.3, 0.4) is 0 Å². The molecular weight excluding hydrogens is 307 g/mol. The smallest absolute Gasteiger partial charge is 0.233 e. The fourth-order valence-corrected chi connectivity index (χ4v) is 4.21. The first kappa shape index (κ1) is 17.4. The summed E-state index contributed by atoms with van der Waals surface area (Å²) < 4.78 is 18.9. The fourth-order valence-electron chi connectivity index (χ4n) is 4.21. The highest BCUT2D eigenvalue weighted by Crippen LogP contribution is 2.38. The number of benzene rings is 1. The number of amides is 1. The lowest BCUT2D eigenvalue weighted by atomic mass is 9.73. The van der Waals surface area contributed by atoms with E-state index in [9.17, 15) is 9.18 Å². The van der Waals surface area contributed by atoms with Crippen molar-refractivity contribution < 1.29 is 13.9 Å². The van der Waals surface area contributed by atoms with Crippen LogP contribution in [-0.2, 0) is 14.9 Å². The Balaban J connectivity index is 1.89. The van der Waals surface area contributed by atoms with Gasteiger partial charge in [0.15, 0.2) is 0 Å². The average molecular weight is 334 g/mol. The van der Waals surface area contributed by atoms with Gasteiger partial charge >= 0.3 is 0 Å². The molecule has 4 nitrogen and oxygen atoms in total. The van der Waals surface area contributed by atoms with E-state index in [1.807, 2.05) is 4.90 Å². The SMILES string of the molecule is C[C@H]1CN(C(=O)C2(c3ccc(F)cc3)CCOCC2)C[C@@H]1N(C)C. The van der Waals surface area contributed by atoms with Gasteiger partial charge in [-0.05, 0) is 50.6 Å². The lowest BCUT2D eigenvalue weighted by molar-refractivity contribution is -0.140. The van der Waals surface area contributed by atoms with E-state index in [4.69, 9.17) is 4.74 Å². The monoisotopic (exact) mass is 334 g/mol. The summed E-state index contributed by atoms with van der Waals surface area (Å²) in [5.74, 6) is 0.360. The maximum atomic E-state index is 13.5. The van der Waals surface area contributed by atoms with E-state index in [1.54, 1.807) is 12.1 Å². The second-order valence-corrected chi connectivity index (χ2v) is 7.42. The molecule has 0 aromatic heterocycles. The maximum absolute atomic E-state index is 13.5. The maximum Gasteiger partial charge on any atom is 0.233 e. The van der Waals surface area contributed by atoms with Gasteiger partial charge in [0.25, 0.3) is 0 Å². The molecule has 0 spiro atoms. The zero-order chi connectivity index (χ0) is 17.3. The highest BCUT2D eigenvalue weighted by atomic mass is 19.1. The molecule has 3 rings (SSSR count). The largest absolute Gasteiger partial charge is 0.381 e. The van der Waals surface area contributed by atoms with Crippen LogP contribution in [-0.4, -0.2) is 62.1 Å². The third-order valence-electron chi connectivity index (χ3n) is 5.68. The molecule has 2 atom stereocenters. The lowest BCUT2D eigenvalue weighted by Gasteiger charge is -2.39. The van der Waals surface area contributed by atoms with E-state index in [2.05, 4.69) is 25.9 Å². The van der Waals surface area contributed by atoms with Crippen LogP contribution in [0.2, 0.25) is 0 Å². The van der Waals surface area contributed by atoms with Gasteiger partial charge < -0.3 is 14.5 Å². The van der Waals surface area contributed by atoms with E-state index in [0.717, 1.165) is 18.7 Å². The Morgan fingerprint density at radius 2 is 1.83 bits per heavy atom. The lowest BCUT2D eigenvalue weighted by Crippen LogP contribution is -2.49. The molecule has 1 aromatic rings. The van der Waals surface area contributed by atoms with Crippen molar-refractivity contribution in [2.45, 2.75) is 31.2 Å². The molecule has 2 aliphatic heterocycles. The predicted octanol–water partition coefficient (Wildman–Crippen LogP) is 2.28. The zero-order valence-electron chi connectivity index (χ0n) is 14.8. The van der Waals surface area contributed by atoms with E-state index in [1.165, 1.54) is 12.1 Å². The summed E-state index contributed by atoms with van der Waals surface area (Å²) in [6, 6.07) is 6.83. The number of likely N-dealkylation sites (N-methyl/N-ethyl adjacent to an activating group) is 1. The molecule has 1 amide bonds. The zero-order valence-corrected chi connectivity index (χ0v) is 14.8. The van der Waals surface area contributed by atoms with Gasteiger partial charge in [0.1, 0.15) is 5.82 Å². The van der Waals surface area contributed by atoms with Crippen molar-refractivity contribution in [1.29, 1.82) is 0 Å². The van der Waals surface area contributed by atoms with Crippen molar-refractivity contribution >= 4 is 5.91 Å². The first-order chi connectivity index (χ1) is 11.4. The minimum absolute atomic E-state index is 0.175. The van der Waals surface area contributed by atoms with E-state index < -0.39 is 5.41 Å². The fraction of sp³-hybridized carbons (Fsp3) is 0.632. The van der Waals surface area contributed by atoms with Gasteiger partial charge in [-0.25, -0.2) is 4.39 Å². The predicted molar refractivity (Wildman–Crippen MR) is 91.4 cm³/mol. The van der Waals surface area contributed by atoms with Gasteiger partial charge in [0, 0.05) is 32.3 Å². The molecule has 0 N–H and O–H groups in total. The third-order valence-corrected chi connectivity index (χ3v) is 5.68. The molecule has 0 aliphatic carbocycles. The van der Waals surface area contributed by atoms with Crippen molar-refractivity contribution in [2.24, 2.45) is 5.92 Å². The van der Waals surface area contributed by atoms with Gasteiger partial charge in [-0.15, -0.1) is 0 Å². The van der Waals surface area contributed by atoms with Gasteiger partial charge in [-0.1, -0.05) is 19.1 Å². The molecule has 0 radical (unpaired) electrons. The number of hydrogen-bond donors (Lipinski definition) is 0. The molecule has 5 heteroatoms. The summed E-state index contributed by atoms with van der Waals surface area (Å²) in [5, 5.41) is 0. The van der Waals surface area contributed by atoms with Gasteiger partial charge in [0.2, 0.25) is 5.91 Å². The number of likely N-dealkylation sites (tertiary alicyclic amines) is 1. The third kappa shape index (κ3) is 3.07. The molecule has 132 valence electrons. The van der Waals surface area contributed by atoms with Crippen LogP contribution in [0.25, 0.3) is 0 Å². The highest BCUT2D eigenvalue weighted by molar-refractivity contribution is 5.88. The molecule has 24 heavy (non-hydrogen) atoms. The number of hydrogen-bond acceptors (Lipinski definition) is 3. The molecule has 0 bridgehead atoms. The second-order valence-electron chi connectivity index (χ2n) is 7.42. The highest BCUT2D eigenvalue weighted by Gasteiger charge is 2.46. The number of carbonyl (C=O) groups is 1. The van der Waals surface area contributed by atoms with Crippen molar-refractivity contribution in [2.75, 3.05) is 40.4 Å².